The maximum absolute atomic E-state index is 11.9. The van der Waals surface area contributed by atoms with Crippen molar-refractivity contribution in [1.29, 1.82) is 0 Å². The molecule has 2 N–H and O–H groups in total. The topological polar surface area (TPSA) is 97.1 Å². The van der Waals surface area contributed by atoms with Crippen molar-refractivity contribution in [3.8, 4) is 0 Å². The van der Waals surface area contributed by atoms with Crippen LogP contribution in [-0.4, -0.2) is 44.0 Å². The molecule has 0 aliphatic rings. The van der Waals surface area contributed by atoms with Gasteiger partial charge in [-0.05, 0) is 20.3 Å². The minimum atomic E-state index is -0.930. The predicted molar refractivity (Wildman–Crippen MR) is 71.1 cm³/mol. The molecular formula is C11H18N4O3S. The zero-order valence-electron chi connectivity index (χ0n) is 11.2. The molecule has 1 atom stereocenters. The van der Waals surface area contributed by atoms with Crippen molar-refractivity contribution in [1.82, 2.24) is 20.1 Å². The van der Waals surface area contributed by atoms with Crippen LogP contribution in [0.25, 0.3) is 0 Å². The molecule has 0 aliphatic carbocycles. The van der Waals surface area contributed by atoms with Crippen LogP contribution in [0.4, 0.5) is 0 Å². The van der Waals surface area contributed by atoms with E-state index in [0.29, 0.717) is 17.5 Å². The van der Waals surface area contributed by atoms with Gasteiger partial charge >= 0.3 is 5.97 Å². The summed E-state index contributed by atoms with van der Waals surface area (Å²) in [6.45, 7) is 6.07. The fraction of sp³-hybridized carbons (Fsp3) is 0.636. The van der Waals surface area contributed by atoms with Gasteiger partial charge in [0.05, 0.1) is 5.75 Å². The Morgan fingerprint density at radius 2 is 2.16 bits per heavy atom. The molecule has 19 heavy (non-hydrogen) atoms. The summed E-state index contributed by atoms with van der Waals surface area (Å²) >= 11 is 1.06. The molecule has 8 heteroatoms. The Morgan fingerprint density at radius 3 is 2.74 bits per heavy atom. The average molecular weight is 286 g/mol. The lowest BCUT2D eigenvalue weighted by atomic mass is 10.3. The van der Waals surface area contributed by atoms with E-state index in [2.05, 4.69) is 15.5 Å². The average Bonchev–Trinajstić information content (AvgIpc) is 2.73. The van der Waals surface area contributed by atoms with Gasteiger partial charge in [-0.1, -0.05) is 18.7 Å². The fourth-order valence-electron chi connectivity index (χ4n) is 1.53. The van der Waals surface area contributed by atoms with Crippen molar-refractivity contribution in [3.05, 3.63) is 5.82 Å². The molecular weight excluding hydrogens is 268 g/mol. The SMILES string of the molecule is CCCNC(=O)C(C)n1c(C)nnc1SCC(=O)O. The summed E-state index contributed by atoms with van der Waals surface area (Å²) in [5.74, 6) is -0.573. The molecule has 0 bridgehead atoms. The maximum atomic E-state index is 11.9. The first-order chi connectivity index (χ1) is 8.97. The Morgan fingerprint density at radius 1 is 1.47 bits per heavy atom. The molecule has 1 amide bonds. The van der Waals surface area contributed by atoms with Gasteiger partial charge in [-0.15, -0.1) is 10.2 Å². The monoisotopic (exact) mass is 286 g/mol. The van der Waals surface area contributed by atoms with Crippen molar-refractivity contribution in [3.63, 3.8) is 0 Å². The molecule has 0 aromatic carbocycles. The third-order valence-electron chi connectivity index (χ3n) is 2.48. The summed E-state index contributed by atoms with van der Waals surface area (Å²) in [5.41, 5.74) is 0. The van der Waals surface area contributed by atoms with Crippen LogP contribution >= 0.6 is 11.8 Å². The van der Waals surface area contributed by atoms with Gasteiger partial charge in [0, 0.05) is 6.54 Å². The van der Waals surface area contributed by atoms with Crippen LogP contribution in [0.5, 0.6) is 0 Å². The first-order valence-electron chi connectivity index (χ1n) is 6.01. The van der Waals surface area contributed by atoms with E-state index in [0.717, 1.165) is 18.2 Å². The number of rotatable bonds is 7. The van der Waals surface area contributed by atoms with E-state index in [1.54, 1.807) is 18.4 Å². The van der Waals surface area contributed by atoms with Crippen molar-refractivity contribution in [2.24, 2.45) is 0 Å². The summed E-state index contributed by atoms with van der Waals surface area (Å²) in [6.07, 6.45) is 0.861. The van der Waals surface area contributed by atoms with Gasteiger partial charge in [-0.2, -0.15) is 0 Å². The van der Waals surface area contributed by atoms with Gasteiger partial charge in [0.1, 0.15) is 11.9 Å². The van der Waals surface area contributed by atoms with E-state index >= 15 is 0 Å². The first-order valence-corrected chi connectivity index (χ1v) is 6.99. The van der Waals surface area contributed by atoms with Gasteiger partial charge in [-0.3, -0.25) is 14.2 Å². The van der Waals surface area contributed by atoms with Crippen LogP contribution in [0.2, 0.25) is 0 Å². The molecule has 0 spiro atoms. The zero-order valence-corrected chi connectivity index (χ0v) is 12.0. The van der Waals surface area contributed by atoms with Crippen molar-refractivity contribution in [2.75, 3.05) is 12.3 Å². The van der Waals surface area contributed by atoms with Crippen molar-refractivity contribution < 1.29 is 14.7 Å². The lowest BCUT2D eigenvalue weighted by Crippen LogP contribution is -2.32. The van der Waals surface area contributed by atoms with E-state index in [-0.39, 0.29) is 11.7 Å². The summed E-state index contributed by atoms with van der Waals surface area (Å²) < 4.78 is 1.65. The number of aliphatic carboxylic acids is 1. The fourth-order valence-corrected chi connectivity index (χ4v) is 2.31. The highest BCUT2D eigenvalue weighted by molar-refractivity contribution is 7.99. The van der Waals surface area contributed by atoms with Crippen LogP contribution < -0.4 is 5.32 Å². The summed E-state index contributed by atoms with van der Waals surface area (Å²) in [7, 11) is 0. The summed E-state index contributed by atoms with van der Waals surface area (Å²) in [5, 5.41) is 19.7. The molecule has 7 nitrogen and oxygen atoms in total. The number of aromatic nitrogens is 3. The van der Waals surface area contributed by atoms with E-state index in [1.807, 2.05) is 6.92 Å². The first kappa shape index (κ1) is 15.5. The highest BCUT2D eigenvalue weighted by atomic mass is 32.2. The number of amides is 1. The molecule has 1 aromatic rings. The van der Waals surface area contributed by atoms with Crippen LogP contribution in [-0.2, 0) is 9.59 Å². The van der Waals surface area contributed by atoms with Gasteiger partial charge in [0.2, 0.25) is 5.91 Å². The molecule has 1 aromatic heterocycles. The lowest BCUT2D eigenvalue weighted by Gasteiger charge is -2.16. The van der Waals surface area contributed by atoms with E-state index in [9.17, 15) is 9.59 Å². The largest absolute Gasteiger partial charge is 0.481 e. The van der Waals surface area contributed by atoms with Gasteiger partial charge in [-0.25, -0.2) is 0 Å². The molecule has 1 rings (SSSR count). The van der Waals surface area contributed by atoms with Crippen molar-refractivity contribution in [2.45, 2.75) is 38.4 Å². The van der Waals surface area contributed by atoms with Crippen LogP contribution in [0, 0.1) is 6.92 Å². The minimum Gasteiger partial charge on any atom is -0.481 e. The number of carbonyl (C=O) groups excluding carboxylic acids is 1. The molecule has 0 saturated carbocycles. The van der Waals surface area contributed by atoms with E-state index in [4.69, 9.17) is 5.11 Å². The number of nitrogens with one attached hydrogen (secondary N) is 1. The van der Waals surface area contributed by atoms with Crippen molar-refractivity contribution >= 4 is 23.6 Å². The second kappa shape index (κ2) is 7.13. The van der Waals surface area contributed by atoms with Gasteiger partial charge in [0.25, 0.3) is 0 Å². The smallest absolute Gasteiger partial charge is 0.313 e. The minimum absolute atomic E-state index is 0.110. The van der Waals surface area contributed by atoms with Crippen LogP contribution in [0.15, 0.2) is 5.16 Å². The summed E-state index contributed by atoms with van der Waals surface area (Å²) in [4.78, 5) is 22.5. The zero-order chi connectivity index (χ0) is 14.4. The van der Waals surface area contributed by atoms with E-state index in [1.165, 1.54) is 0 Å². The molecule has 1 heterocycles. The second-order valence-corrected chi connectivity index (χ2v) is 4.99. The number of carbonyl (C=O) groups is 2. The molecule has 0 radical (unpaired) electrons. The van der Waals surface area contributed by atoms with Crippen LogP contribution in [0.3, 0.4) is 0 Å². The Kier molecular flexibility index (Phi) is 5.81. The lowest BCUT2D eigenvalue weighted by molar-refractivity contribution is -0.133. The number of aryl methyl sites for hydroxylation is 1. The third kappa shape index (κ3) is 4.23. The maximum Gasteiger partial charge on any atom is 0.313 e. The molecule has 0 fully saturated rings. The van der Waals surface area contributed by atoms with Gasteiger partial charge < -0.3 is 10.4 Å². The normalized spacial score (nSPS) is 12.2. The molecule has 0 aliphatic heterocycles. The quantitative estimate of drug-likeness (QED) is 0.721. The van der Waals surface area contributed by atoms with E-state index < -0.39 is 12.0 Å². The van der Waals surface area contributed by atoms with Crippen LogP contribution in [0.1, 0.15) is 32.1 Å². The Bertz CT molecular complexity index is 461. The number of carboxylic acid groups (broad SMARTS) is 1. The number of nitrogens with zero attached hydrogens (tertiary/aromatic N) is 3. The number of hydrogen-bond donors (Lipinski definition) is 2. The second-order valence-electron chi connectivity index (χ2n) is 4.05. The Hall–Kier alpha value is -1.57. The number of thioether (sulfide) groups is 1. The molecule has 106 valence electrons. The Balaban J connectivity index is 2.82. The molecule has 1 unspecified atom stereocenters. The highest BCUT2D eigenvalue weighted by Crippen LogP contribution is 2.21. The molecule has 0 saturated heterocycles. The number of carboxylic acids is 1. The van der Waals surface area contributed by atoms with Gasteiger partial charge in [0.15, 0.2) is 5.16 Å². The standard InChI is InChI=1S/C11H18N4O3S/c1-4-5-12-10(18)7(2)15-8(3)13-14-11(15)19-6-9(16)17/h7H,4-6H2,1-3H3,(H,12,18)(H,16,17). The Labute approximate surface area is 115 Å². The predicted octanol–water partition coefficient (Wildman–Crippen LogP) is 0.850. The number of hydrogen-bond acceptors (Lipinski definition) is 5. The highest BCUT2D eigenvalue weighted by Gasteiger charge is 2.21. The summed E-state index contributed by atoms with van der Waals surface area (Å²) in [6, 6.07) is -0.460. The third-order valence-corrected chi connectivity index (χ3v) is 3.40.